The molecule has 17 heavy (non-hydrogen) atoms. The summed E-state index contributed by atoms with van der Waals surface area (Å²) < 4.78 is 0. The van der Waals surface area contributed by atoms with Crippen molar-refractivity contribution in [3.05, 3.63) is 0 Å². The van der Waals surface area contributed by atoms with Crippen molar-refractivity contribution in [1.29, 1.82) is 0 Å². The van der Waals surface area contributed by atoms with Gasteiger partial charge in [0.2, 0.25) is 0 Å². The lowest BCUT2D eigenvalue weighted by molar-refractivity contribution is 0.200. The van der Waals surface area contributed by atoms with E-state index in [1.165, 1.54) is 44.9 Å². The summed E-state index contributed by atoms with van der Waals surface area (Å²) in [5.74, 6) is 1.83. The number of hydrogen-bond donors (Lipinski definition) is 1. The molecule has 2 aliphatic rings. The summed E-state index contributed by atoms with van der Waals surface area (Å²) >= 11 is 2.07. The second kappa shape index (κ2) is 6.47. The van der Waals surface area contributed by atoms with E-state index in [4.69, 9.17) is 0 Å². The van der Waals surface area contributed by atoms with Crippen molar-refractivity contribution in [3.63, 3.8) is 0 Å². The van der Waals surface area contributed by atoms with Crippen LogP contribution < -0.4 is 5.32 Å². The summed E-state index contributed by atoms with van der Waals surface area (Å²) in [5.41, 5.74) is 0. The Balaban J connectivity index is 1.79. The minimum atomic E-state index is 0.803. The molecule has 0 aromatic heterocycles. The first-order valence-corrected chi connectivity index (χ1v) is 8.76. The molecule has 0 aliphatic heterocycles. The van der Waals surface area contributed by atoms with E-state index < -0.39 is 0 Å². The van der Waals surface area contributed by atoms with Gasteiger partial charge < -0.3 is 5.32 Å². The maximum atomic E-state index is 3.98. The molecule has 1 nitrogen and oxygen atoms in total. The fraction of sp³-hybridized carbons (Fsp3) is 1.00. The first-order chi connectivity index (χ1) is 8.19. The number of rotatable bonds is 3. The molecule has 0 bridgehead atoms. The van der Waals surface area contributed by atoms with Gasteiger partial charge in [0.25, 0.3) is 0 Å². The Morgan fingerprint density at radius 1 is 1.00 bits per heavy atom. The van der Waals surface area contributed by atoms with E-state index in [1.54, 1.807) is 0 Å². The van der Waals surface area contributed by atoms with Crippen LogP contribution in [0.3, 0.4) is 0 Å². The molecule has 5 atom stereocenters. The van der Waals surface area contributed by atoms with Gasteiger partial charge in [-0.3, -0.25) is 0 Å². The summed E-state index contributed by atoms with van der Waals surface area (Å²) in [4.78, 5) is 0. The summed E-state index contributed by atoms with van der Waals surface area (Å²) in [6.45, 7) is 4.86. The largest absolute Gasteiger partial charge is 0.311 e. The monoisotopic (exact) mass is 255 g/mol. The van der Waals surface area contributed by atoms with Crippen molar-refractivity contribution in [2.75, 3.05) is 6.26 Å². The molecule has 2 fully saturated rings. The van der Waals surface area contributed by atoms with Crippen LogP contribution >= 0.6 is 11.8 Å². The van der Waals surface area contributed by atoms with Gasteiger partial charge in [-0.05, 0) is 56.6 Å². The third kappa shape index (κ3) is 3.89. The molecular weight excluding hydrogens is 226 g/mol. The van der Waals surface area contributed by atoms with E-state index in [2.05, 4.69) is 37.2 Å². The second-order valence-corrected chi connectivity index (χ2v) is 7.53. The Morgan fingerprint density at radius 3 is 2.53 bits per heavy atom. The molecule has 0 heterocycles. The highest BCUT2D eigenvalue weighted by molar-refractivity contribution is 7.99. The van der Waals surface area contributed by atoms with Crippen molar-refractivity contribution >= 4 is 11.8 Å². The molecule has 5 unspecified atom stereocenters. The van der Waals surface area contributed by atoms with E-state index in [-0.39, 0.29) is 0 Å². The molecule has 0 aromatic rings. The van der Waals surface area contributed by atoms with Gasteiger partial charge in [0.05, 0.1) is 0 Å². The standard InChI is InChI=1S/C15H29NS/c1-11-7-8-15(12(2)9-11)16-13-5-4-6-14(10-13)17-3/h11-16H,4-10H2,1-3H3. The number of thioether (sulfide) groups is 1. The van der Waals surface area contributed by atoms with Gasteiger partial charge in [-0.1, -0.05) is 20.3 Å². The zero-order valence-corrected chi connectivity index (χ0v) is 12.6. The first-order valence-electron chi connectivity index (χ1n) is 7.48. The molecule has 0 radical (unpaired) electrons. The lowest BCUT2D eigenvalue weighted by Crippen LogP contribution is -2.46. The highest BCUT2D eigenvalue weighted by atomic mass is 32.2. The average Bonchev–Trinajstić information content (AvgIpc) is 2.33. The van der Waals surface area contributed by atoms with Crippen LogP contribution in [0.1, 0.15) is 58.8 Å². The van der Waals surface area contributed by atoms with Crippen LogP contribution in [0.15, 0.2) is 0 Å². The van der Waals surface area contributed by atoms with Gasteiger partial charge in [0.15, 0.2) is 0 Å². The molecule has 2 aliphatic carbocycles. The minimum Gasteiger partial charge on any atom is -0.311 e. The second-order valence-electron chi connectivity index (χ2n) is 6.39. The van der Waals surface area contributed by atoms with Crippen LogP contribution in [0.2, 0.25) is 0 Å². The van der Waals surface area contributed by atoms with Gasteiger partial charge >= 0.3 is 0 Å². The Hall–Kier alpha value is 0.310. The average molecular weight is 255 g/mol. The Morgan fingerprint density at radius 2 is 1.82 bits per heavy atom. The summed E-state index contributed by atoms with van der Waals surface area (Å²) in [7, 11) is 0. The molecule has 0 spiro atoms. The molecular formula is C15H29NS. The van der Waals surface area contributed by atoms with Crippen LogP contribution in [0, 0.1) is 11.8 Å². The zero-order chi connectivity index (χ0) is 12.3. The fourth-order valence-electron chi connectivity index (χ4n) is 3.73. The third-order valence-corrected chi connectivity index (χ3v) is 5.94. The van der Waals surface area contributed by atoms with Crippen LogP contribution in [0.4, 0.5) is 0 Å². The SMILES string of the molecule is CSC1CCCC(NC2CCC(C)CC2C)C1. The Labute approximate surface area is 112 Å². The molecule has 0 saturated heterocycles. The van der Waals surface area contributed by atoms with Crippen LogP contribution in [-0.2, 0) is 0 Å². The maximum Gasteiger partial charge on any atom is 0.00954 e. The predicted octanol–water partition coefficient (Wildman–Crippen LogP) is 4.07. The number of nitrogens with one attached hydrogen (secondary N) is 1. The minimum absolute atomic E-state index is 0.803. The van der Waals surface area contributed by atoms with E-state index in [0.717, 1.165) is 29.2 Å². The Kier molecular flexibility index (Phi) is 5.23. The zero-order valence-electron chi connectivity index (χ0n) is 11.7. The van der Waals surface area contributed by atoms with Crippen molar-refractivity contribution in [2.24, 2.45) is 11.8 Å². The smallest absolute Gasteiger partial charge is 0.00954 e. The lowest BCUT2D eigenvalue weighted by atomic mass is 9.79. The van der Waals surface area contributed by atoms with E-state index in [9.17, 15) is 0 Å². The van der Waals surface area contributed by atoms with Crippen molar-refractivity contribution in [3.8, 4) is 0 Å². The first kappa shape index (κ1) is 13.7. The van der Waals surface area contributed by atoms with Gasteiger partial charge in [-0.2, -0.15) is 11.8 Å². The van der Waals surface area contributed by atoms with Crippen LogP contribution in [0.25, 0.3) is 0 Å². The topological polar surface area (TPSA) is 12.0 Å². The summed E-state index contributed by atoms with van der Waals surface area (Å²) in [5, 5.41) is 4.89. The van der Waals surface area contributed by atoms with Crippen LogP contribution in [-0.4, -0.2) is 23.6 Å². The van der Waals surface area contributed by atoms with Gasteiger partial charge in [0.1, 0.15) is 0 Å². The lowest BCUT2D eigenvalue weighted by Gasteiger charge is -2.38. The van der Waals surface area contributed by atoms with Crippen LogP contribution in [0.5, 0.6) is 0 Å². The van der Waals surface area contributed by atoms with E-state index >= 15 is 0 Å². The molecule has 1 N–H and O–H groups in total. The predicted molar refractivity (Wildman–Crippen MR) is 78.7 cm³/mol. The highest BCUT2D eigenvalue weighted by Crippen LogP contribution is 2.32. The molecule has 0 amide bonds. The summed E-state index contributed by atoms with van der Waals surface area (Å²) in [6, 6.07) is 1.61. The Bertz CT molecular complexity index is 231. The molecule has 2 rings (SSSR count). The van der Waals surface area contributed by atoms with Gasteiger partial charge in [-0.25, -0.2) is 0 Å². The van der Waals surface area contributed by atoms with Crippen molar-refractivity contribution < 1.29 is 0 Å². The normalized spacial score (nSPS) is 43.6. The maximum absolute atomic E-state index is 3.98. The molecule has 0 aromatic carbocycles. The summed E-state index contributed by atoms with van der Waals surface area (Å²) in [6.07, 6.45) is 12.2. The van der Waals surface area contributed by atoms with Gasteiger partial charge in [-0.15, -0.1) is 0 Å². The quantitative estimate of drug-likeness (QED) is 0.815. The molecule has 2 heteroatoms. The van der Waals surface area contributed by atoms with E-state index in [1.807, 2.05) is 0 Å². The van der Waals surface area contributed by atoms with Crippen molar-refractivity contribution in [2.45, 2.75) is 76.1 Å². The fourth-order valence-corrected chi connectivity index (χ4v) is 4.55. The molecule has 2 saturated carbocycles. The van der Waals surface area contributed by atoms with Crippen molar-refractivity contribution in [1.82, 2.24) is 5.32 Å². The van der Waals surface area contributed by atoms with Gasteiger partial charge in [0, 0.05) is 17.3 Å². The van der Waals surface area contributed by atoms with E-state index in [0.29, 0.717) is 0 Å². The third-order valence-electron chi connectivity index (χ3n) is 4.84. The number of hydrogen-bond acceptors (Lipinski definition) is 2. The highest BCUT2D eigenvalue weighted by Gasteiger charge is 2.29. The molecule has 100 valence electrons.